The Morgan fingerprint density at radius 2 is 1.02 bits per heavy atom. The largest absolute Gasteiger partial charge is 0.472 e. The zero-order chi connectivity index (χ0) is 38.2. The molecule has 0 radical (unpaired) electrons. The van der Waals surface area contributed by atoms with Crippen molar-refractivity contribution in [2.45, 2.75) is 142 Å². The van der Waals surface area contributed by atoms with Crippen molar-refractivity contribution >= 4 is 19.8 Å². The molecule has 0 saturated heterocycles. The number of allylic oxidation sites excluding steroid dienone is 16. The van der Waals surface area contributed by atoms with Gasteiger partial charge in [-0.05, 0) is 77.0 Å². The minimum absolute atomic E-state index is 0.111. The molecule has 0 aliphatic heterocycles. The third-order valence-corrected chi connectivity index (χ3v) is 8.51. The summed E-state index contributed by atoms with van der Waals surface area (Å²) in [7, 11) is -3.25. The first-order valence-corrected chi connectivity index (χ1v) is 20.9. The molecule has 8 nitrogen and oxygen atoms in total. The van der Waals surface area contributed by atoms with Gasteiger partial charge < -0.3 is 14.4 Å². The third-order valence-electron chi connectivity index (χ3n) is 7.58. The fraction of sp³-hybridized carbons (Fsp3) is 0.581. The van der Waals surface area contributed by atoms with Crippen molar-refractivity contribution in [1.82, 2.24) is 0 Å². The van der Waals surface area contributed by atoms with E-state index in [2.05, 4.69) is 103 Å². The molecular weight excluding hydrogens is 675 g/mol. The van der Waals surface area contributed by atoms with Gasteiger partial charge in [-0.2, -0.15) is 0 Å². The number of hydrogen-bond donors (Lipinski definition) is 1. The van der Waals surface area contributed by atoms with Crippen molar-refractivity contribution in [3.05, 3.63) is 97.2 Å². The summed E-state index contributed by atoms with van der Waals surface area (Å²) < 4.78 is 31.8. The predicted octanol–water partition coefficient (Wildman–Crippen LogP) is 12.1. The predicted molar refractivity (Wildman–Crippen MR) is 216 cm³/mol. The fourth-order valence-corrected chi connectivity index (χ4v) is 5.04. The molecule has 0 aromatic carbocycles. The smallest absolute Gasteiger partial charge is 0.462 e. The molecule has 2 atom stereocenters. The van der Waals surface area contributed by atoms with Gasteiger partial charge in [-0.15, -0.1) is 0 Å². The maximum Gasteiger partial charge on any atom is 0.472 e. The number of carbonyl (C=O) groups is 2. The Hall–Kier alpha value is -3.03. The molecule has 0 rings (SSSR count). The normalized spacial score (nSPS) is 14.5. The fourth-order valence-electron chi connectivity index (χ4n) is 4.58. The highest BCUT2D eigenvalue weighted by molar-refractivity contribution is 7.47. The Labute approximate surface area is 316 Å². The van der Waals surface area contributed by atoms with Gasteiger partial charge in [0.15, 0.2) is 6.10 Å². The molecule has 2 unspecified atom stereocenters. The highest BCUT2D eigenvalue weighted by atomic mass is 31.2. The lowest BCUT2D eigenvalue weighted by atomic mass is 10.1. The van der Waals surface area contributed by atoms with Crippen LogP contribution in [0.4, 0.5) is 0 Å². The van der Waals surface area contributed by atoms with Crippen LogP contribution in [0, 0.1) is 0 Å². The maximum absolute atomic E-state index is 12.4. The Bertz CT molecular complexity index is 1160. The number of carbonyl (C=O) groups excluding carboxylic acids is 2. The first-order chi connectivity index (χ1) is 25.3. The van der Waals surface area contributed by atoms with Crippen molar-refractivity contribution in [2.75, 3.05) is 20.3 Å². The summed E-state index contributed by atoms with van der Waals surface area (Å²) in [6.45, 7) is 3.63. The average Bonchev–Trinajstić information content (AvgIpc) is 3.13. The number of esters is 2. The van der Waals surface area contributed by atoms with Crippen molar-refractivity contribution in [2.24, 2.45) is 0 Å². The van der Waals surface area contributed by atoms with Crippen LogP contribution < -0.4 is 0 Å². The molecule has 52 heavy (non-hydrogen) atoms. The van der Waals surface area contributed by atoms with E-state index in [1.165, 1.54) is 12.8 Å². The molecule has 0 amide bonds. The second kappa shape index (κ2) is 37.7. The molecule has 0 aliphatic rings. The van der Waals surface area contributed by atoms with E-state index in [0.29, 0.717) is 12.8 Å². The van der Waals surface area contributed by atoms with E-state index in [-0.39, 0.29) is 19.4 Å². The summed E-state index contributed by atoms with van der Waals surface area (Å²) in [5.41, 5.74) is 0. The number of phosphoric ester groups is 1. The molecule has 0 fully saturated rings. The van der Waals surface area contributed by atoms with E-state index < -0.39 is 32.5 Å². The van der Waals surface area contributed by atoms with E-state index in [9.17, 15) is 19.0 Å². The van der Waals surface area contributed by atoms with Gasteiger partial charge in [0, 0.05) is 20.0 Å². The third kappa shape index (κ3) is 36.8. The van der Waals surface area contributed by atoms with Crippen LogP contribution in [-0.4, -0.2) is 43.3 Å². The number of unbranched alkanes of at least 4 members (excludes halogenated alkanes) is 7. The molecule has 0 bridgehead atoms. The summed E-state index contributed by atoms with van der Waals surface area (Å²) in [6.07, 6.45) is 50.4. The summed E-state index contributed by atoms with van der Waals surface area (Å²) in [5, 5.41) is 0. The van der Waals surface area contributed by atoms with Gasteiger partial charge in [0.1, 0.15) is 6.61 Å². The standard InChI is InChI=1S/C43H69O8P/c1-4-6-8-10-12-14-16-18-20-21-22-23-24-26-28-30-32-34-36-38-43(45)51-41(40-50-52(46,47)48-3)39-49-42(44)37-35-33-31-29-27-25-19-17-15-13-11-9-7-5-2/h6,8,11-14,17-20,22-23,26,28,32,34,41H,4-5,7,9-10,15-16,21,24-25,27,29-31,33,35-40H2,1-3H3,(H,46,47)/b8-6-,13-11-,14-12-,19-17-,20-18-,23-22-,28-26-,34-32-. The van der Waals surface area contributed by atoms with E-state index in [4.69, 9.17) is 14.0 Å². The summed E-state index contributed by atoms with van der Waals surface area (Å²) in [4.78, 5) is 34.3. The van der Waals surface area contributed by atoms with Crippen molar-refractivity contribution < 1.29 is 37.6 Å². The zero-order valence-electron chi connectivity index (χ0n) is 32.4. The number of rotatable bonds is 34. The van der Waals surface area contributed by atoms with Crippen LogP contribution in [0.2, 0.25) is 0 Å². The Morgan fingerprint density at radius 3 is 1.54 bits per heavy atom. The maximum atomic E-state index is 12.4. The van der Waals surface area contributed by atoms with Gasteiger partial charge in [0.25, 0.3) is 0 Å². The highest BCUT2D eigenvalue weighted by Gasteiger charge is 2.24. The summed E-state index contributed by atoms with van der Waals surface area (Å²) >= 11 is 0. The van der Waals surface area contributed by atoms with Crippen LogP contribution in [0.1, 0.15) is 136 Å². The lowest BCUT2D eigenvalue weighted by molar-refractivity contribution is -0.161. The lowest BCUT2D eigenvalue weighted by Gasteiger charge is -2.19. The van der Waals surface area contributed by atoms with Crippen LogP contribution in [0.15, 0.2) is 97.2 Å². The van der Waals surface area contributed by atoms with Gasteiger partial charge in [0.05, 0.1) is 6.61 Å². The molecular formula is C43H69O8P. The Balaban J connectivity index is 4.24. The summed E-state index contributed by atoms with van der Waals surface area (Å²) in [5.74, 6) is -0.930. The number of hydrogen-bond acceptors (Lipinski definition) is 7. The van der Waals surface area contributed by atoms with Crippen molar-refractivity contribution in [3.8, 4) is 0 Å². The van der Waals surface area contributed by atoms with E-state index in [1.807, 2.05) is 12.2 Å². The van der Waals surface area contributed by atoms with E-state index in [0.717, 1.165) is 90.6 Å². The molecule has 0 heterocycles. The summed E-state index contributed by atoms with van der Waals surface area (Å²) in [6, 6.07) is 0. The number of ether oxygens (including phenoxy) is 2. The average molecular weight is 745 g/mol. The lowest BCUT2D eigenvalue weighted by Crippen LogP contribution is -2.29. The first kappa shape index (κ1) is 49.0. The van der Waals surface area contributed by atoms with Gasteiger partial charge in [0.2, 0.25) is 0 Å². The molecule has 0 aromatic rings. The first-order valence-electron chi connectivity index (χ1n) is 19.4. The van der Waals surface area contributed by atoms with Crippen molar-refractivity contribution in [1.29, 1.82) is 0 Å². The van der Waals surface area contributed by atoms with Gasteiger partial charge in [-0.3, -0.25) is 18.6 Å². The second-order valence-corrected chi connectivity index (χ2v) is 13.9. The van der Waals surface area contributed by atoms with E-state index >= 15 is 0 Å². The monoisotopic (exact) mass is 744 g/mol. The highest BCUT2D eigenvalue weighted by Crippen LogP contribution is 2.42. The van der Waals surface area contributed by atoms with E-state index in [1.54, 1.807) is 0 Å². The molecule has 294 valence electrons. The van der Waals surface area contributed by atoms with Gasteiger partial charge in [-0.25, -0.2) is 4.57 Å². The zero-order valence-corrected chi connectivity index (χ0v) is 33.3. The Kier molecular flexibility index (Phi) is 35.5. The molecule has 0 aliphatic carbocycles. The molecule has 0 aromatic heterocycles. The molecule has 0 saturated carbocycles. The molecule has 0 spiro atoms. The SMILES string of the molecule is CC/C=C\C/C=C\C/C=C\C/C=C\C/C=C\C/C=C\CCC(=O)OC(COC(=O)CCCCCCC/C=C\C/C=C\CCCC)COP(=O)(O)OC. The topological polar surface area (TPSA) is 108 Å². The molecule has 9 heteroatoms. The van der Waals surface area contributed by atoms with Crippen LogP contribution in [0.3, 0.4) is 0 Å². The van der Waals surface area contributed by atoms with Gasteiger partial charge >= 0.3 is 19.8 Å². The Morgan fingerprint density at radius 1 is 0.558 bits per heavy atom. The van der Waals surface area contributed by atoms with Crippen LogP contribution in [0.25, 0.3) is 0 Å². The van der Waals surface area contributed by atoms with Crippen LogP contribution in [-0.2, 0) is 32.7 Å². The minimum Gasteiger partial charge on any atom is -0.462 e. The quantitative estimate of drug-likeness (QED) is 0.0300. The number of phosphoric acid groups is 1. The van der Waals surface area contributed by atoms with Crippen LogP contribution in [0.5, 0.6) is 0 Å². The van der Waals surface area contributed by atoms with Gasteiger partial charge in [-0.1, -0.05) is 143 Å². The second-order valence-electron chi connectivity index (χ2n) is 12.3. The minimum atomic E-state index is -4.29. The molecule has 1 N–H and O–H groups in total. The van der Waals surface area contributed by atoms with Crippen LogP contribution >= 0.6 is 7.82 Å². The van der Waals surface area contributed by atoms with Crippen molar-refractivity contribution in [3.63, 3.8) is 0 Å².